The number of rotatable bonds is 74. The smallest absolute Gasteiger partial charge is 0.462 e. The Morgan fingerprint density at radius 3 is 0.938 bits per heavy atom. The molecule has 0 aliphatic rings. The van der Waals surface area contributed by atoms with Crippen LogP contribution in [0.3, 0.4) is 0 Å². The highest BCUT2D eigenvalue weighted by Gasteiger charge is 2.30. The van der Waals surface area contributed by atoms with E-state index in [1.807, 2.05) is 0 Å². The number of allylic oxidation sites excluding steroid dienone is 4. The second kappa shape index (κ2) is 68.3. The summed E-state index contributed by atoms with van der Waals surface area (Å²) in [5, 5.41) is 10.6. The Hall–Kier alpha value is -2.46. The third kappa shape index (κ3) is 68.7. The summed E-state index contributed by atoms with van der Waals surface area (Å²) in [5.41, 5.74) is 0. The second-order valence-electron chi connectivity index (χ2n) is 27.8. The number of aliphatic hydroxyl groups excluding tert-OH is 1. The van der Waals surface area contributed by atoms with Crippen molar-refractivity contribution in [1.29, 1.82) is 0 Å². The molecule has 0 heterocycles. The zero-order chi connectivity index (χ0) is 70.7. The van der Waals surface area contributed by atoms with Crippen LogP contribution in [0.1, 0.15) is 375 Å². The van der Waals surface area contributed by atoms with Gasteiger partial charge in [-0.25, -0.2) is 9.13 Å². The van der Waals surface area contributed by atoms with E-state index in [-0.39, 0.29) is 25.7 Å². The summed E-state index contributed by atoms with van der Waals surface area (Å²) in [7, 11) is -9.93. The number of phosphoric ester groups is 2. The van der Waals surface area contributed by atoms with Crippen molar-refractivity contribution in [1.82, 2.24) is 0 Å². The van der Waals surface area contributed by atoms with Gasteiger partial charge in [0.05, 0.1) is 26.4 Å². The van der Waals surface area contributed by atoms with E-state index < -0.39 is 97.5 Å². The monoisotopic (exact) mass is 1410 g/mol. The van der Waals surface area contributed by atoms with E-state index in [2.05, 4.69) is 65.8 Å². The Balaban J connectivity index is 5.29. The molecular weight excluding hydrogens is 1260 g/mol. The number of hydrogen-bond donors (Lipinski definition) is 3. The van der Waals surface area contributed by atoms with Crippen LogP contribution in [0, 0.1) is 11.8 Å². The normalized spacial score (nSPS) is 14.4. The molecule has 0 aromatic rings. The number of ether oxygens (including phenoxy) is 4. The molecule has 0 aromatic carbocycles. The molecule has 0 fully saturated rings. The number of aliphatic hydroxyl groups is 1. The summed E-state index contributed by atoms with van der Waals surface area (Å²) in [6, 6.07) is 0. The molecule has 0 aromatic heterocycles. The lowest BCUT2D eigenvalue weighted by Crippen LogP contribution is -2.30. The fourth-order valence-corrected chi connectivity index (χ4v) is 12.8. The van der Waals surface area contributed by atoms with Crippen molar-refractivity contribution < 1.29 is 80.2 Å². The molecule has 0 saturated heterocycles. The lowest BCUT2D eigenvalue weighted by molar-refractivity contribution is -0.161. The number of carbonyl (C=O) groups excluding carboxylic acids is 4. The van der Waals surface area contributed by atoms with Crippen molar-refractivity contribution in [2.75, 3.05) is 39.6 Å². The minimum Gasteiger partial charge on any atom is -0.462 e. The molecule has 3 unspecified atom stereocenters. The van der Waals surface area contributed by atoms with Gasteiger partial charge < -0.3 is 33.8 Å². The van der Waals surface area contributed by atoms with Crippen LogP contribution in [0.15, 0.2) is 24.3 Å². The summed E-state index contributed by atoms with van der Waals surface area (Å²) in [6.07, 6.45) is 59.0. The van der Waals surface area contributed by atoms with E-state index in [4.69, 9.17) is 37.0 Å². The van der Waals surface area contributed by atoms with E-state index in [0.717, 1.165) is 127 Å². The zero-order valence-electron chi connectivity index (χ0n) is 62.2. The van der Waals surface area contributed by atoms with Crippen molar-refractivity contribution in [2.24, 2.45) is 11.8 Å². The van der Waals surface area contributed by atoms with Gasteiger partial charge in [-0.2, -0.15) is 0 Å². The van der Waals surface area contributed by atoms with Crippen LogP contribution in [0.5, 0.6) is 0 Å². The Bertz CT molecular complexity index is 1950. The molecule has 19 heteroatoms. The van der Waals surface area contributed by atoms with Crippen LogP contribution in [0.4, 0.5) is 0 Å². The molecule has 0 saturated carbocycles. The molecule has 566 valence electrons. The summed E-state index contributed by atoms with van der Waals surface area (Å²) in [4.78, 5) is 72.8. The largest absolute Gasteiger partial charge is 0.472 e. The second-order valence-corrected chi connectivity index (χ2v) is 30.7. The Kier molecular flexibility index (Phi) is 66.6. The van der Waals surface area contributed by atoms with Gasteiger partial charge in [-0.05, 0) is 63.2 Å². The van der Waals surface area contributed by atoms with Gasteiger partial charge >= 0.3 is 39.5 Å². The Labute approximate surface area is 586 Å². The average Bonchev–Trinajstić information content (AvgIpc) is 1.12. The molecule has 0 bridgehead atoms. The summed E-state index contributed by atoms with van der Waals surface area (Å²) >= 11 is 0. The van der Waals surface area contributed by atoms with Gasteiger partial charge in [0.1, 0.15) is 19.3 Å². The van der Waals surface area contributed by atoms with Crippen LogP contribution in [0.25, 0.3) is 0 Å². The van der Waals surface area contributed by atoms with E-state index in [1.54, 1.807) is 0 Å². The lowest BCUT2D eigenvalue weighted by atomic mass is 10.00. The predicted octanol–water partition coefficient (Wildman–Crippen LogP) is 22.3. The molecule has 6 atom stereocenters. The van der Waals surface area contributed by atoms with Crippen LogP contribution in [0.2, 0.25) is 0 Å². The number of unbranched alkanes of at least 4 members (excludes halogenated alkanes) is 40. The zero-order valence-corrected chi connectivity index (χ0v) is 63.9. The number of carbonyl (C=O) groups is 4. The van der Waals surface area contributed by atoms with Crippen LogP contribution >= 0.6 is 15.6 Å². The molecule has 0 amide bonds. The van der Waals surface area contributed by atoms with Crippen molar-refractivity contribution >= 4 is 39.5 Å². The van der Waals surface area contributed by atoms with Crippen LogP contribution in [-0.2, 0) is 65.4 Å². The summed E-state index contributed by atoms with van der Waals surface area (Å²) in [6.45, 7) is 9.52. The van der Waals surface area contributed by atoms with Gasteiger partial charge in [0.15, 0.2) is 12.2 Å². The van der Waals surface area contributed by atoms with Crippen LogP contribution in [-0.4, -0.2) is 96.7 Å². The average molecular weight is 1410 g/mol. The van der Waals surface area contributed by atoms with E-state index in [9.17, 15) is 43.2 Å². The quantitative estimate of drug-likeness (QED) is 0.0169. The SMILES string of the molecule is CCCCCC/C=C\C=C/CCCCCCCC(=O)OC[C@H](COP(=O)(O)OC[C@@H](O)COP(=O)(O)OC[C@@H](COC(=O)CCCCCCCCC(C)CC)OC(=O)CCCCCCCCCCCCCCCCC)OC(=O)CCCCCCCCCCCCCCCC(C)C. The maximum atomic E-state index is 13.1. The number of phosphoric acid groups is 2. The molecule has 0 radical (unpaired) electrons. The van der Waals surface area contributed by atoms with Crippen molar-refractivity contribution in [3.63, 3.8) is 0 Å². The summed E-state index contributed by atoms with van der Waals surface area (Å²) < 4.78 is 68.5. The third-order valence-corrected chi connectivity index (χ3v) is 19.6. The minimum absolute atomic E-state index is 0.100. The molecule has 0 aliphatic heterocycles. The standard InChI is InChI=1S/C77H146O17P2/c1-7-10-12-14-16-18-20-22-24-28-32-36-40-47-53-59-74(79)87-65-72(93-76(81)62-56-50-42-38-34-30-26-27-31-35-39-45-51-57-69(4)5)67-91-95(83,84)89-63-71(78)64-90-96(85,86)92-68-73(66-88-75(80)60-54-48-44-43-46-52-58-70(6)9-3)94-77(82)61-55-49-41-37-33-29-25-23-21-19-17-15-13-11-8-2/h18,20,22,24,69-73,78H,7-17,19,21,23,25-68H2,1-6H3,(H,83,84)(H,85,86)/b20-18-,24-22-/t70?,71-,72-,73-/m1/s1. The maximum absolute atomic E-state index is 13.1. The predicted molar refractivity (Wildman–Crippen MR) is 391 cm³/mol. The van der Waals surface area contributed by atoms with E-state index >= 15 is 0 Å². The summed E-state index contributed by atoms with van der Waals surface area (Å²) in [5.74, 6) is -0.631. The van der Waals surface area contributed by atoms with E-state index in [0.29, 0.717) is 25.7 Å². The molecule has 0 rings (SSSR count). The molecule has 3 N–H and O–H groups in total. The van der Waals surface area contributed by atoms with Gasteiger partial charge in [0.2, 0.25) is 0 Å². The first kappa shape index (κ1) is 93.5. The third-order valence-electron chi connectivity index (χ3n) is 17.7. The van der Waals surface area contributed by atoms with Gasteiger partial charge in [0, 0.05) is 25.7 Å². The first-order valence-corrected chi connectivity index (χ1v) is 42.3. The fraction of sp³-hybridized carbons (Fsp3) is 0.896. The highest BCUT2D eigenvalue weighted by Crippen LogP contribution is 2.45. The first-order chi connectivity index (χ1) is 46.4. The number of esters is 4. The number of hydrogen-bond acceptors (Lipinski definition) is 15. The molecular formula is C77H146O17P2. The van der Waals surface area contributed by atoms with Crippen LogP contribution < -0.4 is 0 Å². The topological polar surface area (TPSA) is 237 Å². The molecule has 17 nitrogen and oxygen atoms in total. The minimum atomic E-state index is -4.97. The van der Waals surface area contributed by atoms with Crippen molar-refractivity contribution in [3.8, 4) is 0 Å². The Morgan fingerprint density at radius 2 is 0.615 bits per heavy atom. The van der Waals surface area contributed by atoms with Crippen molar-refractivity contribution in [3.05, 3.63) is 24.3 Å². The lowest BCUT2D eigenvalue weighted by Gasteiger charge is -2.21. The van der Waals surface area contributed by atoms with Gasteiger partial charge in [-0.1, -0.05) is 323 Å². The highest BCUT2D eigenvalue weighted by atomic mass is 31.2. The van der Waals surface area contributed by atoms with Gasteiger partial charge in [0.25, 0.3) is 0 Å². The molecule has 96 heavy (non-hydrogen) atoms. The highest BCUT2D eigenvalue weighted by molar-refractivity contribution is 7.47. The maximum Gasteiger partial charge on any atom is 0.472 e. The van der Waals surface area contributed by atoms with Gasteiger partial charge in [-0.15, -0.1) is 0 Å². The van der Waals surface area contributed by atoms with Gasteiger partial charge in [-0.3, -0.25) is 37.3 Å². The fourth-order valence-electron chi connectivity index (χ4n) is 11.3. The Morgan fingerprint density at radius 1 is 0.344 bits per heavy atom. The first-order valence-electron chi connectivity index (χ1n) is 39.3. The molecule has 0 aliphatic carbocycles. The van der Waals surface area contributed by atoms with E-state index in [1.165, 1.54) is 167 Å². The van der Waals surface area contributed by atoms with Crippen molar-refractivity contribution in [2.45, 2.75) is 394 Å². The molecule has 0 spiro atoms.